The van der Waals surface area contributed by atoms with E-state index >= 15 is 0 Å². The van der Waals surface area contributed by atoms with Crippen molar-refractivity contribution in [1.29, 1.82) is 0 Å². The van der Waals surface area contributed by atoms with Gasteiger partial charge < -0.3 is 4.90 Å². The van der Waals surface area contributed by atoms with Crippen molar-refractivity contribution in [3.63, 3.8) is 0 Å². The van der Waals surface area contributed by atoms with Gasteiger partial charge in [-0.1, -0.05) is 34.8 Å². The third kappa shape index (κ3) is 3.02. The van der Waals surface area contributed by atoms with Gasteiger partial charge in [-0.3, -0.25) is 4.79 Å². The Morgan fingerprint density at radius 1 is 1.10 bits per heavy atom. The van der Waals surface area contributed by atoms with Gasteiger partial charge in [-0.2, -0.15) is 0 Å². The number of hydrogen-bond acceptors (Lipinski definition) is 3. The predicted molar refractivity (Wildman–Crippen MR) is 79.6 cm³/mol. The lowest BCUT2D eigenvalue weighted by Crippen LogP contribution is -2.28. The van der Waals surface area contributed by atoms with Crippen LogP contribution in [0.1, 0.15) is 23.2 Å². The van der Waals surface area contributed by atoms with Crippen molar-refractivity contribution < 1.29 is 13.2 Å². The summed E-state index contributed by atoms with van der Waals surface area (Å²) in [7, 11) is 1.16. The first-order valence-corrected chi connectivity index (χ1v) is 9.09. The summed E-state index contributed by atoms with van der Waals surface area (Å²) in [5.41, 5.74) is -0.123. The van der Waals surface area contributed by atoms with Crippen LogP contribution in [0.5, 0.6) is 0 Å². The molecule has 0 aromatic heterocycles. The molecule has 9 heteroatoms. The lowest BCUT2D eigenvalue weighted by molar-refractivity contribution is 0.0793. The van der Waals surface area contributed by atoms with Crippen molar-refractivity contribution >= 4 is 60.4 Å². The van der Waals surface area contributed by atoms with Gasteiger partial charge in [0.15, 0.2) is 0 Å². The van der Waals surface area contributed by atoms with Crippen molar-refractivity contribution in [3.8, 4) is 0 Å². The standard InChI is InChI=1S/C11H9Cl4NO3S/c12-6-5-7(20(15,18)19)10(14)8(9(6)13)11(17)16-3-1-2-4-16/h5H,1-4H2. The first-order valence-electron chi connectivity index (χ1n) is 5.65. The molecule has 1 saturated heterocycles. The first-order chi connectivity index (χ1) is 9.23. The molecule has 0 atom stereocenters. The minimum absolute atomic E-state index is 0.0716. The van der Waals surface area contributed by atoms with Gasteiger partial charge in [0, 0.05) is 23.8 Å². The van der Waals surface area contributed by atoms with E-state index in [4.69, 9.17) is 45.5 Å². The zero-order valence-electron chi connectivity index (χ0n) is 10.00. The summed E-state index contributed by atoms with van der Waals surface area (Å²) in [6, 6.07) is 1.04. The van der Waals surface area contributed by atoms with Crippen molar-refractivity contribution in [2.24, 2.45) is 0 Å². The number of benzene rings is 1. The van der Waals surface area contributed by atoms with E-state index < -0.39 is 19.9 Å². The summed E-state index contributed by atoms with van der Waals surface area (Å²) < 4.78 is 22.9. The molecule has 0 aliphatic carbocycles. The van der Waals surface area contributed by atoms with Crippen LogP contribution in [-0.4, -0.2) is 32.3 Å². The molecule has 0 radical (unpaired) electrons. The zero-order valence-corrected chi connectivity index (χ0v) is 13.8. The zero-order chi connectivity index (χ0) is 15.1. The Labute approximate surface area is 136 Å². The second-order valence-corrected chi connectivity index (χ2v) is 7.99. The predicted octanol–water partition coefficient (Wildman–Crippen LogP) is 3.81. The number of halogens is 4. The van der Waals surface area contributed by atoms with Crippen LogP contribution in [0.3, 0.4) is 0 Å². The molecule has 1 fully saturated rings. The van der Waals surface area contributed by atoms with Gasteiger partial charge in [-0.15, -0.1) is 0 Å². The van der Waals surface area contributed by atoms with Crippen molar-refractivity contribution in [1.82, 2.24) is 4.90 Å². The van der Waals surface area contributed by atoms with Crippen LogP contribution in [0, 0.1) is 0 Å². The van der Waals surface area contributed by atoms with Crippen molar-refractivity contribution in [2.75, 3.05) is 13.1 Å². The SMILES string of the molecule is O=C(c1c(Cl)c(Cl)cc(S(=O)(=O)Cl)c1Cl)N1CCCC1. The quantitative estimate of drug-likeness (QED) is 0.582. The van der Waals surface area contributed by atoms with E-state index in [-0.39, 0.29) is 20.6 Å². The maximum Gasteiger partial charge on any atom is 0.262 e. The Morgan fingerprint density at radius 2 is 1.65 bits per heavy atom. The number of amides is 1. The lowest BCUT2D eigenvalue weighted by atomic mass is 10.2. The number of carbonyl (C=O) groups is 1. The number of carbonyl (C=O) groups excluding carboxylic acids is 1. The first kappa shape index (κ1) is 16.2. The van der Waals surface area contributed by atoms with E-state index in [2.05, 4.69) is 0 Å². The molecule has 0 N–H and O–H groups in total. The van der Waals surface area contributed by atoms with Gasteiger partial charge in [0.1, 0.15) is 4.90 Å². The fourth-order valence-electron chi connectivity index (χ4n) is 2.02. The van der Waals surface area contributed by atoms with E-state index in [1.54, 1.807) is 4.90 Å². The molecular weight excluding hydrogens is 368 g/mol. The van der Waals surface area contributed by atoms with E-state index in [9.17, 15) is 13.2 Å². The highest BCUT2D eigenvalue weighted by Gasteiger charge is 2.29. The molecule has 1 heterocycles. The number of rotatable bonds is 2. The number of nitrogens with zero attached hydrogens (tertiary/aromatic N) is 1. The van der Waals surface area contributed by atoms with E-state index in [1.165, 1.54) is 0 Å². The van der Waals surface area contributed by atoms with Crippen LogP contribution in [0.4, 0.5) is 0 Å². The summed E-state index contributed by atoms with van der Waals surface area (Å²) in [6.45, 7) is 1.14. The summed E-state index contributed by atoms with van der Waals surface area (Å²) >= 11 is 17.8. The molecule has 20 heavy (non-hydrogen) atoms. The number of likely N-dealkylation sites (tertiary alicyclic amines) is 1. The van der Waals surface area contributed by atoms with Crippen LogP contribution < -0.4 is 0 Å². The maximum atomic E-state index is 12.4. The summed E-state index contributed by atoms with van der Waals surface area (Å²) in [4.78, 5) is 13.5. The number of hydrogen-bond donors (Lipinski definition) is 0. The molecular formula is C11H9Cl4NO3S. The molecule has 0 spiro atoms. The van der Waals surface area contributed by atoms with Gasteiger partial charge in [-0.05, 0) is 18.9 Å². The third-order valence-electron chi connectivity index (χ3n) is 2.99. The van der Waals surface area contributed by atoms with Crippen molar-refractivity contribution in [3.05, 3.63) is 26.7 Å². The Kier molecular flexibility index (Phi) is 4.76. The normalized spacial score (nSPS) is 15.7. The average Bonchev–Trinajstić information content (AvgIpc) is 2.86. The minimum atomic E-state index is -4.13. The van der Waals surface area contributed by atoms with Gasteiger partial charge >= 0.3 is 0 Å². The Hall–Kier alpha value is -0.200. The second-order valence-electron chi connectivity index (χ2n) is 4.30. The lowest BCUT2D eigenvalue weighted by Gasteiger charge is -2.18. The Balaban J connectivity index is 2.62. The molecule has 4 nitrogen and oxygen atoms in total. The Bertz CT molecular complexity index is 669. The van der Waals surface area contributed by atoms with Gasteiger partial charge in [0.2, 0.25) is 0 Å². The van der Waals surface area contributed by atoms with E-state index in [1.807, 2.05) is 0 Å². The second kappa shape index (κ2) is 5.89. The topological polar surface area (TPSA) is 54.5 Å². The molecule has 0 saturated carbocycles. The molecule has 0 bridgehead atoms. The molecule has 1 aromatic rings. The van der Waals surface area contributed by atoms with Crippen LogP contribution in [0.15, 0.2) is 11.0 Å². The maximum absolute atomic E-state index is 12.4. The van der Waals surface area contributed by atoms with Crippen LogP contribution in [0.2, 0.25) is 15.1 Å². The van der Waals surface area contributed by atoms with Gasteiger partial charge in [-0.25, -0.2) is 8.42 Å². The molecule has 0 unspecified atom stereocenters. The largest absolute Gasteiger partial charge is 0.339 e. The fraction of sp³-hybridized carbons (Fsp3) is 0.364. The summed E-state index contributed by atoms with van der Waals surface area (Å²) in [5, 5.41) is -0.457. The highest BCUT2D eigenvalue weighted by atomic mass is 35.7. The molecule has 1 amide bonds. The van der Waals surface area contributed by atoms with Crippen molar-refractivity contribution in [2.45, 2.75) is 17.7 Å². The molecule has 1 aromatic carbocycles. The summed E-state index contributed by atoms with van der Waals surface area (Å²) in [5.74, 6) is -0.443. The molecule has 1 aliphatic rings. The fourth-order valence-corrected chi connectivity index (χ4v) is 4.16. The monoisotopic (exact) mass is 375 g/mol. The minimum Gasteiger partial charge on any atom is -0.339 e. The van der Waals surface area contributed by atoms with Gasteiger partial charge in [0.05, 0.1) is 20.6 Å². The molecule has 1 aliphatic heterocycles. The van der Waals surface area contributed by atoms with Gasteiger partial charge in [0.25, 0.3) is 15.0 Å². The highest BCUT2D eigenvalue weighted by Crippen LogP contribution is 2.38. The molecule has 110 valence electrons. The van der Waals surface area contributed by atoms with Crippen LogP contribution in [0.25, 0.3) is 0 Å². The smallest absolute Gasteiger partial charge is 0.262 e. The molecule has 2 rings (SSSR count). The highest BCUT2D eigenvalue weighted by molar-refractivity contribution is 8.13. The van der Waals surface area contributed by atoms with E-state index in [0.717, 1.165) is 18.9 Å². The van der Waals surface area contributed by atoms with Crippen LogP contribution in [-0.2, 0) is 9.05 Å². The Morgan fingerprint density at radius 3 is 2.15 bits per heavy atom. The summed E-state index contributed by atoms with van der Waals surface area (Å²) in [6.07, 6.45) is 1.75. The van der Waals surface area contributed by atoms with Crippen LogP contribution >= 0.6 is 45.5 Å². The third-order valence-corrected chi connectivity index (χ3v) is 5.63. The average molecular weight is 377 g/mol. The van der Waals surface area contributed by atoms with E-state index in [0.29, 0.717) is 13.1 Å².